The predicted octanol–water partition coefficient (Wildman–Crippen LogP) is 3.58. The lowest BCUT2D eigenvalue weighted by atomic mass is 9.92. The number of hydrogen-bond acceptors (Lipinski definition) is 5. The summed E-state index contributed by atoms with van der Waals surface area (Å²) in [5.74, 6) is 0.547. The van der Waals surface area contributed by atoms with Crippen molar-refractivity contribution >= 4 is 11.9 Å². The molecule has 2 aromatic carbocycles. The van der Waals surface area contributed by atoms with Gasteiger partial charge in [-0.15, -0.1) is 0 Å². The molecule has 0 aromatic heterocycles. The average molecular weight is 420 g/mol. The molecule has 30 heavy (non-hydrogen) atoms. The molecule has 9 heteroatoms. The molecular formula is C21H22F2N2O5. The van der Waals surface area contributed by atoms with Crippen molar-refractivity contribution in [2.45, 2.75) is 32.5 Å². The van der Waals surface area contributed by atoms with Crippen molar-refractivity contribution in [1.82, 2.24) is 10.2 Å². The summed E-state index contributed by atoms with van der Waals surface area (Å²) in [6, 6.07) is 8.54. The molecular weight excluding hydrogens is 398 g/mol. The molecule has 1 aliphatic rings. The van der Waals surface area contributed by atoms with E-state index < -0.39 is 24.1 Å². The van der Waals surface area contributed by atoms with E-state index in [9.17, 15) is 18.4 Å². The molecule has 1 fully saturated rings. The smallest absolute Gasteiger partial charge is 0.387 e. The monoisotopic (exact) mass is 420 g/mol. The van der Waals surface area contributed by atoms with Gasteiger partial charge in [-0.3, -0.25) is 9.69 Å². The number of carbonyl (C=O) groups is 2. The van der Waals surface area contributed by atoms with Crippen LogP contribution in [0.3, 0.4) is 0 Å². The number of alkyl halides is 2. The Labute approximate surface area is 172 Å². The third-order valence-electron chi connectivity index (χ3n) is 5.10. The van der Waals surface area contributed by atoms with Crippen LogP contribution >= 0.6 is 0 Å². The van der Waals surface area contributed by atoms with Gasteiger partial charge in [-0.2, -0.15) is 8.78 Å². The van der Waals surface area contributed by atoms with E-state index >= 15 is 0 Å². The highest BCUT2D eigenvalue weighted by atomic mass is 19.3. The Hall–Kier alpha value is -3.36. The van der Waals surface area contributed by atoms with Gasteiger partial charge in [-0.1, -0.05) is 12.1 Å². The second-order valence-electron chi connectivity index (χ2n) is 6.98. The number of urea groups is 1. The van der Waals surface area contributed by atoms with E-state index in [-0.39, 0.29) is 12.3 Å². The molecule has 3 rings (SSSR count). The lowest BCUT2D eigenvalue weighted by Gasteiger charge is -2.23. The van der Waals surface area contributed by atoms with Gasteiger partial charge in [0, 0.05) is 0 Å². The Balaban J connectivity index is 1.86. The summed E-state index contributed by atoms with van der Waals surface area (Å²) in [4.78, 5) is 26.8. The molecule has 0 saturated carbocycles. The van der Waals surface area contributed by atoms with Gasteiger partial charge in [0.15, 0.2) is 11.5 Å². The lowest BCUT2D eigenvalue weighted by Crippen LogP contribution is -2.40. The fourth-order valence-electron chi connectivity index (χ4n) is 3.37. The first kappa shape index (κ1) is 21.4. The molecule has 160 valence electrons. The quantitative estimate of drug-likeness (QED) is 0.693. The van der Waals surface area contributed by atoms with Gasteiger partial charge in [-0.05, 0) is 54.8 Å². The molecule has 0 bridgehead atoms. The van der Waals surface area contributed by atoms with Crippen LogP contribution < -0.4 is 19.5 Å². The third-order valence-corrected chi connectivity index (χ3v) is 5.10. The summed E-state index contributed by atoms with van der Waals surface area (Å²) < 4.78 is 39.6. The molecule has 0 spiro atoms. The van der Waals surface area contributed by atoms with E-state index in [1.165, 1.54) is 38.5 Å². The van der Waals surface area contributed by atoms with Crippen molar-refractivity contribution in [1.29, 1.82) is 0 Å². The number of halogens is 2. The van der Waals surface area contributed by atoms with Crippen LogP contribution in [0.15, 0.2) is 36.4 Å². The van der Waals surface area contributed by atoms with Crippen LogP contribution in [0.1, 0.15) is 23.6 Å². The Kier molecular flexibility index (Phi) is 5.82. The molecule has 1 heterocycles. The van der Waals surface area contributed by atoms with E-state index in [4.69, 9.17) is 9.47 Å². The molecule has 0 aliphatic carbocycles. The van der Waals surface area contributed by atoms with Crippen LogP contribution in [0.2, 0.25) is 0 Å². The number of nitrogens with zero attached hydrogens (tertiary/aromatic N) is 1. The fourth-order valence-corrected chi connectivity index (χ4v) is 3.37. The van der Waals surface area contributed by atoms with Gasteiger partial charge in [-0.25, -0.2) is 4.79 Å². The summed E-state index contributed by atoms with van der Waals surface area (Å²) in [6.45, 7) is 0.507. The zero-order valence-electron chi connectivity index (χ0n) is 17.0. The number of ether oxygens (including phenoxy) is 3. The molecule has 1 aliphatic heterocycles. The van der Waals surface area contributed by atoms with E-state index in [1.807, 2.05) is 6.92 Å². The Morgan fingerprint density at radius 3 is 2.23 bits per heavy atom. The maximum Gasteiger partial charge on any atom is 0.387 e. The van der Waals surface area contributed by atoms with Crippen LogP contribution in [0.5, 0.6) is 17.2 Å². The van der Waals surface area contributed by atoms with E-state index in [2.05, 4.69) is 10.1 Å². The number of carbonyl (C=O) groups excluding carboxylic acids is 2. The van der Waals surface area contributed by atoms with Gasteiger partial charge in [0.05, 0.1) is 20.8 Å². The normalized spacial score (nSPS) is 18.6. The van der Waals surface area contributed by atoms with E-state index in [0.29, 0.717) is 17.1 Å². The standard InChI is InChI=1S/C21H22F2N2O5/c1-12-9-16(28-3)17(29-4)10-13(12)11-25-18(26)21(2,24-20(25)27)14-5-7-15(8-6-14)30-19(22)23/h5-10,19H,11H2,1-4H3,(H,24,27)/t21-/m0/s1. The predicted molar refractivity (Wildman–Crippen MR) is 104 cm³/mol. The number of methoxy groups -OCH3 is 2. The number of rotatable bonds is 7. The van der Waals surface area contributed by atoms with Crippen LogP contribution in [0.4, 0.5) is 13.6 Å². The van der Waals surface area contributed by atoms with Crippen molar-refractivity contribution in [3.63, 3.8) is 0 Å². The highest BCUT2D eigenvalue weighted by molar-refractivity contribution is 6.07. The topological polar surface area (TPSA) is 77.1 Å². The molecule has 2 aromatic rings. The third kappa shape index (κ3) is 3.87. The van der Waals surface area contributed by atoms with E-state index in [1.54, 1.807) is 19.1 Å². The van der Waals surface area contributed by atoms with Gasteiger partial charge in [0.2, 0.25) is 0 Å². The second kappa shape index (κ2) is 8.17. The number of nitrogens with one attached hydrogen (secondary N) is 1. The van der Waals surface area contributed by atoms with Crippen molar-refractivity contribution in [2.75, 3.05) is 14.2 Å². The molecule has 7 nitrogen and oxygen atoms in total. The summed E-state index contributed by atoms with van der Waals surface area (Å²) >= 11 is 0. The number of aryl methyl sites for hydroxylation is 1. The number of amides is 3. The molecule has 1 atom stereocenters. The maximum atomic E-state index is 13.1. The summed E-state index contributed by atoms with van der Waals surface area (Å²) in [7, 11) is 3.03. The summed E-state index contributed by atoms with van der Waals surface area (Å²) in [6.07, 6.45) is 0. The minimum Gasteiger partial charge on any atom is -0.493 e. The highest BCUT2D eigenvalue weighted by Crippen LogP contribution is 2.34. The molecule has 0 unspecified atom stereocenters. The Morgan fingerprint density at radius 2 is 1.67 bits per heavy atom. The first-order valence-corrected chi connectivity index (χ1v) is 9.10. The summed E-state index contributed by atoms with van der Waals surface area (Å²) in [5.41, 5.74) is 0.677. The molecule has 0 radical (unpaired) electrons. The number of hydrogen-bond donors (Lipinski definition) is 1. The summed E-state index contributed by atoms with van der Waals surface area (Å²) in [5, 5.41) is 2.69. The number of benzene rings is 2. The fraction of sp³-hybridized carbons (Fsp3) is 0.333. The van der Waals surface area contributed by atoms with Gasteiger partial charge < -0.3 is 19.5 Å². The zero-order valence-corrected chi connectivity index (χ0v) is 17.0. The Morgan fingerprint density at radius 1 is 1.07 bits per heavy atom. The number of imide groups is 1. The van der Waals surface area contributed by atoms with Gasteiger partial charge >= 0.3 is 12.6 Å². The molecule has 3 amide bonds. The highest BCUT2D eigenvalue weighted by Gasteiger charge is 2.49. The van der Waals surface area contributed by atoms with Crippen molar-refractivity contribution < 1.29 is 32.6 Å². The molecule has 1 saturated heterocycles. The molecule has 1 N–H and O–H groups in total. The van der Waals surface area contributed by atoms with E-state index in [0.717, 1.165) is 16.0 Å². The lowest BCUT2D eigenvalue weighted by molar-refractivity contribution is -0.131. The maximum absolute atomic E-state index is 13.1. The minimum absolute atomic E-state index is 0.0352. The van der Waals surface area contributed by atoms with Crippen LogP contribution in [0, 0.1) is 6.92 Å². The second-order valence-corrected chi connectivity index (χ2v) is 6.98. The van der Waals surface area contributed by atoms with Gasteiger partial charge in [0.1, 0.15) is 11.3 Å². The first-order valence-electron chi connectivity index (χ1n) is 9.10. The van der Waals surface area contributed by atoms with Crippen molar-refractivity contribution in [2.24, 2.45) is 0 Å². The van der Waals surface area contributed by atoms with Crippen LogP contribution in [-0.2, 0) is 16.9 Å². The SMILES string of the molecule is COc1cc(C)c(CN2C(=O)N[C@@](C)(c3ccc(OC(F)F)cc3)C2=O)cc1OC. The van der Waals surface area contributed by atoms with Crippen molar-refractivity contribution in [3.05, 3.63) is 53.1 Å². The van der Waals surface area contributed by atoms with Crippen LogP contribution in [0.25, 0.3) is 0 Å². The Bertz CT molecular complexity index is 965. The van der Waals surface area contributed by atoms with Gasteiger partial charge in [0.25, 0.3) is 5.91 Å². The average Bonchev–Trinajstić information content (AvgIpc) is 2.92. The minimum atomic E-state index is -2.94. The zero-order chi connectivity index (χ0) is 22.1. The first-order chi connectivity index (χ1) is 14.2. The largest absolute Gasteiger partial charge is 0.493 e. The van der Waals surface area contributed by atoms with Crippen molar-refractivity contribution in [3.8, 4) is 17.2 Å². The van der Waals surface area contributed by atoms with Crippen LogP contribution in [-0.4, -0.2) is 37.7 Å².